The number of hydrogen-bond donors (Lipinski definition) is 9. The molecular formula is C59H76FN13O11S. The van der Waals surface area contributed by atoms with Crippen molar-refractivity contribution in [2.45, 2.75) is 125 Å². The lowest BCUT2D eigenvalue weighted by molar-refractivity contribution is -0.135. The van der Waals surface area contributed by atoms with E-state index in [2.05, 4.69) is 52.8 Å². The zero-order valence-corrected chi connectivity index (χ0v) is 48.4. The van der Waals surface area contributed by atoms with E-state index < -0.39 is 78.1 Å². The Labute approximate surface area is 496 Å². The molecule has 0 unspecified atom stereocenters. The first-order valence-corrected chi connectivity index (χ1v) is 29.9. The lowest BCUT2D eigenvalue weighted by Gasteiger charge is -2.27. The van der Waals surface area contributed by atoms with E-state index in [1.54, 1.807) is 41.2 Å². The van der Waals surface area contributed by atoms with Crippen LogP contribution in [0.5, 0.6) is 0 Å². The summed E-state index contributed by atoms with van der Waals surface area (Å²) in [5, 5.41) is 32.4. The van der Waals surface area contributed by atoms with Crippen LogP contribution in [-0.4, -0.2) is 166 Å². The number of amides is 9. The van der Waals surface area contributed by atoms with Crippen LogP contribution in [0.1, 0.15) is 67.3 Å². The van der Waals surface area contributed by atoms with Crippen molar-refractivity contribution < 1.29 is 57.0 Å². The van der Waals surface area contributed by atoms with E-state index >= 15 is 0 Å². The molecule has 3 aromatic carbocycles. The number of para-hydroxylation sites is 1. The minimum atomic E-state index is -1.36. The van der Waals surface area contributed by atoms with E-state index in [9.17, 15) is 42.7 Å². The summed E-state index contributed by atoms with van der Waals surface area (Å²) in [5.74, 6) is -4.12. The molecule has 3 aliphatic heterocycles. The normalized spacial score (nSPS) is 22.4. The molecule has 2 fully saturated rings. The molecule has 2 saturated heterocycles. The summed E-state index contributed by atoms with van der Waals surface area (Å²) >= 11 is 1.86. The van der Waals surface area contributed by atoms with Gasteiger partial charge in [-0.1, -0.05) is 72.3 Å². The van der Waals surface area contributed by atoms with Crippen molar-refractivity contribution in [3.05, 3.63) is 119 Å². The second kappa shape index (κ2) is 31.8. The lowest BCUT2D eigenvalue weighted by Crippen LogP contribution is -2.60. The molecule has 24 nitrogen and oxygen atoms in total. The molecule has 3 aliphatic rings. The van der Waals surface area contributed by atoms with Crippen molar-refractivity contribution in [2.24, 2.45) is 12.8 Å². The number of nitrogens with zero attached hydrogens (tertiary/aromatic N) is 4. The first-order chi connectivity index (χ1) is 41.1. The number of aromatic nitrogens is 4. The molecule has 9 amide bonds. The second-order valence-corrected chi connectivity index (χ2v) is 22.7. The molecule has 0 aliphatic carbocycles. The Balaban J connectivity index is 0.896. The molecule has 8 atom stereocenters. The highest BCUT2D eigenvalue weighted by atomic mass is 32.2. The Hall–Kier alpha value is -7.94. The summed E-state index contributed by atoms with van der Waals surface area (Å²) in [6, 6.07) is 15.6. The fourth-order valence-corrected chi connectivity index (χ4v) is 12.1. The van der Waals surface area contributed by atoms with Crippen LogP contribution < -0.4 is 48.3 Å². The van der Waals surface area contributed by atoms with Crippen molar-refractivity contribution in [1.82, 2.24) is 62.1 Å². The highest BCUT2D eigenvalue weighted by Gasteiger charge is 2.42. The maximum absolute atomic E-state index is 14.9. The first-order valence-electron chi connectivity index (χ1n) is 28.8. The number of aryl methyl sites for hydroxylation is 2. The fraction of sp³-hybridized carbons (Fsp3) is 0.492. The molecule has 456 valence electrons. The molecule has 8 rings (SSSR count). The molecule has 0 spiro atoms. The zero-order chi connectivity index (χ0) is 60.1. The van der Waals surface area contributed by atoms with Gasteiger partial charge in [0.25, 0.3) is 0 Å². The van der Waals surface area contributed by atoms with E-state index in [1.807, 2.05) is 53.8 Å². The second-order valence-electron chi connectivity index (χ2n) is 21.4. The van der Waals surface area contributed by atoms with Crippen molar-refractivity contribution >= 4 is 70.0 Å². The number of ether oxygens (including phenoxy) is 3. The highest BCUT2D eigenvalue weighted by molar-refractivity contribution is 8.00. The van der Waals surface area contributed by atoms with Gasteiger partial charge in [0.15, 0.2) is 0 Å². The molecular weight excluding hydrogens is 1120 g/mol. The van der Waals surface area contributed by atoms with Crippen LogP contribution in [0.15, 0.2) is 91.3 Å². The number of nitrogens with one attached hydrogen (secondary N) is 8. The van der Waals surface area contributed by atoms with Crippen LogP contribution in [0.3, 0.4) is 0 Å². The van der Waals surface area contributed by atoms with E-state index in [0.717, 1.165) is 35.9 Å². The fourth-order valence-electron chi connectivity index (χ4n) is 10.6. The van der Waals surface area contributed by atoms with E-state index in [0.29, 0.717) is 66.6 Å². The van der Waals surface area contributed by atoms with Crippen LogP contribution in [0, 0.1) is 5.82 Å². The smallest absolute Gasteiger partial charge is 0.315 e. The number of urea groups is 1. The largest absolute Gasteiger partial charge is 0.377 e. The Morgan fingerprint density at radius 3 is 2.12 bits per heavy atom. The maximum Gasteiger partial charge on any atom is 0.315 e. The number of carbonyl (C=O) groups is 8. The monoisotopic (exact) mass is 1190 g/mol. The summed E-state index contributed by atoms with van der Waals surface area (Å²) in [4.78, 5) is 109. The number of benzene rings is 3. The van der Waals surface area contributed by atoms with Crippen LogP contribution in [0.25, 0.3) is 10.9 Å². The predicted octanol–water partition coefficient (Wildman–Crippen LogP) is 1.16. The quantitative estimate of drug-likeness (QED) is 0.0310. The van der Waals surface area contributed by atoms with Gasteiger partial charge in [0.05, 0.1) is 50.8 Å². The summed E-state index contributed by atoms with van der Waals surface area (Å²) in [6.07, 6.45) is 7.06. The molecule has 5 aromatic rings. The molecule has 2 aromatic heterocycles. The third-order valence-electron chi connectivity index (χ3n) is 15.0. The number of carbonyl (C=O) groups excluding carboxylic acids is 8. The Morgan fingerprint density at radius 2 is 1.38 bits per heavy atom. The Kier molecular flexibility index (Phi) is 23.6. The average Bonchev–Trinajstić information content (AvgIpc) is 3.89. The van der Waals surface area contributed by atoms with Gasteiger partial charge in [0, 0.05) is 86.5 Å². The van der Waals surface area contributed by atoms with Crippen LogP contribution >= 0.6 is 11.8 Å². The van der Waals surface area contributed by atoms with E-state index in [4.69, 9.17) is 19.9 Å². The van der Waals surface area contributed by atoms with Gasteiger partial charge in [0.1, 0.15) is 42.6 Å². The molecule has 10 N–H and O–H groups in total. The SMILES string of the molecule is Cn1cc(C[C@@H]2NC(=O)[C@@H](Cc3ccccc3)NC(=O)[C@@H](NC(=O)COCCOCCOCCNC(=O)CCCC[C@H]3SC[C@H]4NC(=O)N[C@H]43)Cc3cn(nn3)CCCC[C@@H](C(N)=O)NC(=O)[C@H](Cc3ccc(F)cc3)NC2=O)c2ccccc21. The van der Waals surface area contributed by atoms with Crippen LogP contribution in [0.2, 0.25) is 0 Å². The maximum atomic E-state index is 14.9. The number of primary amides is 1. The highest BCUT2D eigenvalue weighted by Crippen LogP contribution is 2.33. The molecule has 0 saturated carbocycles. The van der Waals surface area contributed by atoms with Crippen molar-refractivity contribution in [1.29, 1.82) is 0 Å². The number of rotatable bonds is 24. The van der Waals surface area contributed by atoms with Gasteiger partial charge in [0.2, 0.25) is 41.4 Å². The minimum absolute atomic E-state index is 0.0328. The Bertz CT molecular complexity index is 3080. The van der Waals surface area contributed by atoms with Gasteiger partial charge < -0.3 is 67.0 Å². The number of unbranched alkanes of at least 4 members (excludes halogenated alkanes) is 1. The first kappa shape index (κ1) is 63.1. The summed E-state index contributed by atoms with van der Waals surface area (Å²) < 4.78 is 34.3. The van der Waals surface area contributed by atoms with Crippen LogP contribution in [0.4, 0.5) is 9.18 Å². The number of hydrogen-bond acceptors (Lipinski definition) is 14. The van der Waals surface area contributed by atoms with E-state index in [-0.39, 0.29) is 82.6 Å². The van der Waals surface area contributed by atoms with Gasteiger partial charge in [-0.05, 0) is 67.0 Å². The van der Waals surface area contributed by atoms with Gasteiger partial charge in [-0.2, -0.15) is 11.8 Å². The van der Waals surface area contributed by atoms with Crippen LogP contribution in [-0.2, 0) is 87.0 Å². The van der Waals surface area contributed by atoms with Crippen molar-refractivity contribution in [3.63, 3.8) is 0 Å². The third kappa shape index (κ3) is 19.3. The molecule has 85 heavy (non-hydrogen) atoms. The number of fused-ring (bicyclic) bond motifs is 4. The van der Waals surface area contributed by atoms with Crippen molar-refractivity contribution in [2.75, 3.05) is 51.9 Å². The standard InChI is InChI=1S/C59H76FN13O11S/c1-72-33-39(42-13-5-6-15-49(42)72)31-46-57(79)65-45(30-38-18-20-40(60)21-19-38)55(77)64-43(54(61)76)14-9-10-23-73-34-41(70-71-73)32-47(58(80)66-44(56(78)67-46)29-37-11-3-2-4-12-37)63-52(75)35-84-28-27-83-26-25-82-24-22-62-51(74)17-8-7-16-50-53-48(36-85-50)68-59(81)69-53/h2-6,11-13,15,18-21,33-34,43-48,50,53H,7-10,14,16-17,22-32,35-36H2,1H3,(H2,61,76)(H,62,74)(H,63,75)(H,64,77)(H,65,79)(H,66,80)(H,67,78)(H2,68,69,81)/t43-,44+,45-,46-,47-,48+,50+,53+/m0/s1. The lowest BCUT2D eigenvalue weighted by atomic mass is 10.00. The Morgan fingerprint density at radius 1 is 0.718 bits per heavy atom. The zero-order valence-electron chi connectivity index (χ0n) is 47.6. The summed E-state index contributed by atoms with van der Waals surface area (Å²) in [5.41, 5.74) is 8.84. The molecule has 2 bridgehead atoms. The predicted molar refractivity (Wildman–Crippen MR) is 313 cm³/mol. The molecule has 26 heteroatoms. The van der Waals surface area contributed by atoms with E-state index in [1.165, 1.54) is 24.3 Å². The van der Waals surface area contributed by atoms with Gasteiger partial charge in [-0.25, -0.2) is 9.18 Å². The number of halogens is 1. The molecule has 5 heterocycles. The third-order valence-corrected chi connectivity index (χ3v) is 16.5. The number of thioether (sulfide) groups is 1. The summed E-state index contributed by atoms with van der Waals surface area (Å²) in [6.45, 7) is 1.19. The van der Waals surface area contributed by atoms with Gasteiger partial charge in [-0.3, -0.25) is 38.2 Å². The summed E-state index contributed by atoms with van der Waals surface area (Å²) in [7, 11) is 1.85. The van der Waals surface area contributed by atoms with Gasteiger partial charge >= 0.3 is 6.03 Å². The number of nitrogens with two attached hydrogens (primary N) is 1. The average molecular weight is 1190 g/mol. The van der Waals surface area contributed by atoms with Gasteiger partial charge in [-0.15, -0.1) is 5.10 Å². The molecule has 0 radical (unpaired) electrons. The minimum Gasteiger partial charge on any atom is -0.377 e. The van der Waals surface area contributed by atoms with Crippen molar-refractivity contribution in [3.8, 4) is 0 Å². The topological polar surface area (TPSA) is 322 Å².